The molecule has 7 nitrogen and oxygen atoms in total. The molecule has 1 aromatic heterocycles. The fraction of sp³-hybridized carbons (Fsp3) is 0.231. The van der Waals surface area contributed by atoms with Crippen molar-refractivity contribution in [3.8, 4) is 5.75 Å². The zero-order chi connectivity index (χ0) is 14.9. The van der Waals surface area contributed by atoms with E-state index in [1.807, 2.05) is 31.2 Å². The smallest absolute Gasteiger partial charge is 0.212 e. The van der Waals surface area contributed by atoms with Gasteiger partial charge in [0.05, 0.1) is 13.7 Å². The fourth-order valence-electron chi connectivity index (χ4n) is 1.94. The zero-order valence-electron chi connectivity index (χ0n) is 11.6. The number of quaternary nitrogens is 1. The second kappa shape index (κ2) is 5.27. The van der Waals surface area contributed by atoms with Gasteiger partial charge in [0.1, 0.15) is 17.5 Å². The summed E-state index contributed by atoms with van der Waals surface area (Å²) in [4.78, 5) is 1.51. The lowest BCUT2D eigenvalue weighted by atomic mass is 10.3. The lowest BCUT2D eigenvalue weighted by molar-refractivity contribution is 0.414. The number of aromatic nitrogens is 4. The fourth-order valence-corrected chi connectivity index (χ4v) is 2.20. The Balaban J connectivity index is 1.91. The largest absolute Gasteiger partial charge is 0.497 e. The van der Waals surface area contributed by atoms with Crippen LogP contribution in [0.25, 0.3) is 5.57 Å². The number of methoxy groups -OCH3 is 1. The van der Waals surface area contributed by atoms with Crippen LogP contribution >= 0.6 is 11.8 Å². The summed E-state index contributed by atoms with van der Waals surface area (Å²) in [5.41, 5.74) is 1.53. The van der Waals surface area contributed by atoms with Crippen LogP contribution in [0.5, 0.6) is 5.75 Å². The zero-order valence-corrected chi connectivity index (χ0v) is 12.4. The molecule has 0 radical (unpaired) electrons. The molecule has 3 rings (SSSR count). The van der Waals surface area contributed by atoms with E-state index in [1.165, 1.54) is 4.80 Å². The summed E-state index contributed by atoms with van der Waals surface area (Å²) in [6, 6.07) is 7.40. The van der Waals surface area contributed by atoms with Crippen LogP contribution in [0.3, 0.4) is 0 Å². The van der Waals surface area contributed by atoms with Crippen molar-refractivity contribution < 1.29 is 4.74 Å². The predicted octanol–water partition coefficient (Wildman–Crippen LogP) is 2.20. The standard InChI is InChI=1S/C13H14ClN6O/c1-3-19-17-13(16-18-19)10-8-15-20(14,9-10)11-4-6-12(21-2)7-5-11/h4-9H,3H2,1-2H3/q+1. The Labute approximate surface area is 126 Å². The van der Waals surface area contributed by atoms with Crippen LogP contribution in [-0.4, -0.2) is 33.5 Å². The Bertz CT molecular complexity index is 708. The van der Waals surface area contributed by atoms with E-state index < -0.39 is 0 Å². The van der Waals surface area contributed by atoms with Crippen molar-refractivity contribution in [2.75, 3.05) is 7.11 Å². The first-order chi connectivity index (χ1) is 10.1. The maximum Gasteiger partial charge on any atom is 0.212 e. The number of nitrogens with zero attached hydrogens (tertiary/aromatic N) is 6. The van der Waals surface area contributed by atoms with Crippen LogP contribution in [-0.2, 0) is 6.54 Å². The molecule has 108 valence electrons. The van der Waals surface area contributed by atoms with Crippen LogP contribution < -0.4 is 8.85 Å². The molecule has 1 atom stereocenters. The molecule has 1 aliphatic rings. The first kappa shape index (κ1) is 13.7. The first-order valence-electron chi connectivity index (χ1n) is 6.44. The number of rotatable bonds is 4. The first-order valence-corrected chi connectivity index (χ1v) is 6.78. The van der Waals surface area contributed by atoms with E-state index in [0.29, 0.717) is 12.4 Å². The van der Waals surface area contributed by atoms with Crippen molar-refractivity contribution in [3.05, 3.63) is 36.3 Å². The maximum absolute atomic E-state index is 6.52. The SMILES string of the molecule is CCn1nnc(C2=C[N+](Cl)(c3ccc(OC)cc3)N=C2)n1. The maximum atomic E-state index is 6.52. The minimum absolute atomic E-state index is 0.208. The molecule has 0 fully saturated rings. The van der Waals surface area contributed by atoms with E-state index >= 15 is 0 Å². The molecule has 2 heterocycles. The number of halogens is 1. The summed E-state index contributed by atoms with van der Waals surface area (Å²) in [6.45, 7) is 2.61. The lowest BCUT2D eigenvalue weighted by Gasteiger charge is -2.14. The third-order valence-electron chi connectivity index (χ3n) is 3.10. The van der Waals surface area contributed by atoms with E-state index in [4.69, 9.17) is 16.5 Å². The molecule has 0 aliphatic carbocycles. The minimum Gasteiger partial charge on any atom is -0.497 e. The Hall–Kier alpha value is -2.25. The van der Waals surface area contributed by atoms with Crippen molar-refractivity contribution >= 4 is 29.3 Å². The van der Waals surface area contributed by atoms with Gasteiger partial charge in [-0.3, -0.25) is 0 Å². The molecule has 0 saturated carbocycles. The highest BCUT2D eigenvalue weighted by molar-refractivity contribution is 6.26. The van der Waals surface area contributed by atoms with Gasteiger partial charge in [0.25, 0.3) is 0 Å². The number of benzene rings is 1. The van der Waals surface area contributed by atoms with Gasteiger partial charge < -0.3 is 4.74 Å². The number of ether oxygens (including phenoxy) is 1. The van der Waals surface area contributed by atoms with Crippen LogP contribution in [0, 0.1) is 0 Å². The Kier molecular flexibility index (Phi) is 3.44. The highest BCUT2D eigenvalue weighted by Crippen LogP contribution is 2.34. The van der Waals surface area contributed by atoms with Gasteiger partial charge in [-0.1, -0.05) is 5.10 Å². The molecule has 0 saturated heterocycles. The number of hydrogen-bond donors (Lipinski definition) is 0. The van der Waals surface area contributed by atoms with Gasteiger partial charge in [0.2, 0.25) is 17.6 Å². The van der Waals surface area contributed by atoms with Crippen molar-refractivity contribution in [1.29, 1.82) is 0 Å². The normalized spacial score (nSPS) is 20.6. The molecule has 1 unspecified atom stereocenters. The average molecular weight is 306 g/mol. The van der Waals surface area contributed by atoms with Gasteiger partial charge in [-0.25, -0.2) is 0 Å². The number of tetrazole rings is 1. The minimum atomic E-state index is -0.208. The summed E-state index contributed by atoms with van der Waals surface area (Å²) in [5, 5.41) is 16.5. The number of allylic oxidation sites excluding steroid dienone is 1. The molecule has 0 N–H and O–H groups in total. The van der Waals surface area contributed by atoms with Crippen molar-refractivity contribution in [2.45, 2.75) is 13.5 Å². The molecular formula is C13H14ClN6O+. The van der Waals surface area contributed by atoms with E-state index in [2.05, 4.69) is 20.5 Å². The van der Waals surface area contributed by atoms with Gasteiger partial charge in [-0.15, -0.1) is 10.2 Å². The molecule has 8 heteroatoms. The summed E-state index contributed by atoms with van der Waals surface area (Å²) in [7, 11) is 1.62. The summed E-state index contributed by atoms with van der Waals surface area (Å²) in [5.74, 6) is 1.27. The monoisotopic (exact) mass is 305 g/mol. The van der Waals surface area contributed by atoms with Gasteiger partial charge in [0.15, 0.2) is 11.9 Å². The summed E-state index contributed by atoms with van der Waals surface area (Å²) in [6.07, 6.45) is 3.41. The lowest BCUT2D eigenvalue weighted by Crippen LogP contribution is -2.22. The van der Waals surface area contributed by atoms with Crippen molar-refractivity contribution in [1.82, 2.24) is 24.3 Å². The molecule has 0 amide bonds. The third-order valence-corrected chi connectivity index (χ3v) is 3.48. The predicted molar refractivity (Wildman–Crippen MR) is 80.6 cm³/mol. The van der Waals surface area contributed by atoms with Gasteiger partial charge in [-0.05, 0) is 28.4 Å². The molecule has 2 aromatic rings. The number of hydrogen-bond acceptors (Lipinski definition) is 5. The van der Waals surface area contributed by atoms with Gasteiger partial charge in [0, 0.05) is 12.1 Å². The second-order valence-corrected chi connectivity index (χ2v) is 4.95. The third kappa shape index (κ3) is 2.53. The molecule has 1 aliphatic heterocycles. The molecule has 0 bridgehead atoms. The summed E-state index contributed by atoms with van der Waals surface area (Å²) >= 11 is 6.52. The van der Waals surface area contributed by atoms with Gasteiger partial charge >= 0.3 is 0 Å². The molecule has 0 spiro atoms. The van der Waals surface area contributed by atoms with Gasteiger partial charge in [-0.2, -0.15) is 4.80 Å². The van der Waals surface area contributed by atoms with E-state index in [-0.39, 0.29) is 4.11 Å². The highest BCUT2D eigenvalue weighted by Gasteiger charge is 2.34. The topological polar surface area (TPSA) is 65.2 Å². The van der Waals surface area contributed by atoms with E-state index in [0.717, 1.165) is 17.0 Å². The summed E-state index contributed by atoms with van der Waals surface area (Å²) < 4.78 is 4.93. The second-order valence-electron chi connectivity index (χ2n) is 4.43. The van der Waals surface area contributed by atoms with E-state index in [9.17, 15) is 0 Å². The van der Waals surface area contributed by atoms with Crippen LogP contribution in [0.4, 0.5) is 5.69 Å². The highest BCUT2D eigenvalue weighted by atomic mass is 35.5. The Morgan fingerprint density at radius 1 is 1.29 bits per heavy atom. The van der Waals surface area contributed by atoms with Crippen molar-refractivity contribution in [3.63, 3.8) is 0 Å². The van der Waals surface area contributed by atoms with Crippen LogP contribution in [0.2, 0.25) is 0 Å². The quantitative estimate of drug-likeness (QED) is 0.812. The average Bonchev–Trinajstić information content (AvgIpc) is 3.14. The molecule has 21 heavy (non-hydrogen) atoms. The molecular weight excluding hydrogens is 292 g/mol. The Morgan fingerprint density at radius 3 is 2.67 bits per heavy atom. The van der Waals surface area contributed by atoms with Crippen LogP contribution in [0.1, 0.15) is 12.7 Å². The van der Waals surface area contributed by atoms with E-state index in [1.54, 1.807) is 19.5 Å². The molecule has 1 aromatic carbocycles. The Morgan fingerprint density at radius 2 is 2.05 bits per heavy atom. The number of aryl methyl sites for hydroxylation is 1. The van der Waals surface area contributed by atoms with Crippen molar-refractivity contribution in [2.24, 2.45) is 5.10 Å². The van der Waals surface area contributed by atoms with Crippen LogP contribution in [0.15, 0.2) is 35.6 Å².